The van der Waals surface area contributed by atoms with Gasteiger partial charge >= 0.3 is 5.97 Å². The van der Waals surface area contributed by atoms with Gasteiger partial charge in [-0.15, -0.1) is 0 Å². The van der Waals surface area contributed by atoms with Gasteiger partial charge in [-0.05, 0) is 59.5 Å². The van der Waals surface area contributed by atoms with Crippen LogP contribution in [0.25, 0.3) is 22.0 Å². The molecule has 0 aliphatic heterocycles. The lowest BCUT2D eigenvalue weighted by molar-refractivity contribution is -0.149. The molecule has 0 aliphatic carbocycles. The molecule has 1 heterocycles. The van der Waals surface area contributed by atoms with Crippen molar-refractivity contribution in [2.75, 3.05) is 13.7 Å². The number of hydrogen-bond donors (Lipinski definition) is 1. The lowest BCUT2D eigenvalue weighted by atomic mass is 9.97. The van der Waals surface area contributed by atoms with Crippen LogP contribution < -0.4 is 10.5 Å². The van der Waals surface area contributed by atoms with Gasteiger partial charge in [-0.2, -0.15) is 0 Å². The van der Waals surface area contributed by atoms with E-state index in [1.165, 1.54) is 5.39 Å². The molecule has 4 rings (SSSR count). The van der Waals surface area contributed by atoms with Crippen LogP contribution in [0.15, 0.2) is 72.9 Å². The van der Waals surface area contributed by atoms with Gasteiger partial charge in [0.05, 0.1) is 13.0 Å². The zero-order chi connectivity index (χ0) is 24.8. The molecule has 4 aromatic rings. The number of ether oxygens (including phenoxy) is 3. The Bertz CT molecular complexity index is 1310. The number of fused-ring (bicyclic) bond motifs is 1. The summed E-state index contributed by atoms with van der Waals surface area (Å²) in [7, 11) is 3.62. The minimum atomic E-state index is -0.307. The number of benzene rings is 3. The summed E-state index contributed by atoms with van der Waals surface area (Å²) in [5.41, 5.74) is 12.2. The first-order valence-corrected chi connectivity index (χ1v) is 11.7. The molecule has 0 aliphatic rings. The van der Waals surface area contributed by atoms with E-state index in [2.05, 4.69) is 41.1 Å². The average molecular weight is 473 g/mol. The standard InChI is InChI=1S/C29H32N2O4/c1-20(18-33-3)35-29(32)16-24-8-4-5-10-28(24)34-19-22-14-26(23-9-6-7-21(13-23)17-30)25-11-12-31(2)27(25)15-22/h4-15,20H,16-19,30H2,1-3H3. The third-order valence-corrected chi connectivity index (χ3v) is 5.97. The third-order valence-electron chi connectivity index (χ3n) is 5.97. The molecule has 0 saturated heterocycles. The second kappa shape index (κ2) is 11.2. The number of carbonyl (C=O) groups is 1. The Morgan fingerprint density at radius 1 is 1.03 bits per heavy atom. The second-order valence-corrected chi connectivity index (χ2v) is 8.74. The molecule has 1 aromatic heterocycles. The first kappa shape index (κ1) is 24.5. The largest absolute Gasteiger partial charge is 0.489 e. The molecule has 182 valence electrons. The van der Waals surface area contributed by atoms with Gasteiger partial charge in [0.2, 0.25) is 0 Å². The van der Waals surface area contributed by atoms with Gasteiger partial charge in [0.15, 0.2) is 0 Å². The summed E-state index contributed by atoms with van der Waals surface area (Å²) in [4.78, 5) is 12.4. The van der Waals surface area contributed by atoms with Gasteiger partial charge in [0.1, 0.15) is 18.5 Å². The fourth-order valence-electron chi connectivity index (χ4n) is 4.26. The predicted molar refractivity (Wildman–Crippen MR) is 138 cm³/mol. The molecule has 2 N–H and O–H groups in total. The van der Waals surface area contributed by atoms with Crippen molar-refractivity contribution in [3.63, 3.8) is 0 Å². The predicted octanol–water partition coefficient (Wildman–Crippen LogP) is 5.00. The number of rotatable bonds is 10. The summed E-state index contributed by atoms with van der Waals surface area (Å²) < 4.78 is 18.8. The third kappa shape index (κ3) is 5.91. The monoisotopic (exact) mass is 472 g/mol. The van der Waals surface area contributed by atoms with Gasteiger partial charge in [-0.3, -0.25) is 4.79 Å². The Kier molecular flexibility index (Phi) is 7.85. The van der Waals surface area contributed by atoms with Crippen molar-refractivity contribution in [3.8, 4) is 16.9 Å². The zero-order valence-corrected chi connectivity index (χ0v) is 20.5. The molecule has 3 aromatic carbocycles. The molecule has 0 amide bonds. The summed E-state index contributed by atoms with van der Waals surface area (Å²) in [6, 6.07) is 22.3. The van der Waals surface area contributed by atoms with Crippen molar-refractivity contribution >= 4 is 16.9 Å². The molecule has 0 saturated carbocycles. The molecule has 35 heavy (non-hydrogen) atoms. The number of esters is 1. The van der Waals surface area contributed by atoms with Crippen molar-refractivity contribution in [1.82, 2.24) is 4.57 Å². The van der Waals surface area contributed by atoms with Crippen molar-refractivity contribution in [3.05, 3.63) is 89.6 Å². The molecule has 0 bridgehead atoms. The Labute approximate surface area is 206 Å². The Morgan fingerprint density at radius 3 is 2.66 bits per heavy atom. The topological polar surface area (TPSA) is 75.7 Å². The fraction of sp³-hybridized carbons (Fsp3) is 0.276. The van der Waals surface area contributed by atoms with Crippen LogP contribution in [-0.2, 0) is 40.9 Å². The molecule has 6 nitrogen and oxygen atoms in total. The highest BCUT2D eigenvalue weighted by Gasteiger charge is 2.14. The van der Waals surface area contributed by atoms with Gasteiger partial charge < -0.3 is 24.5 Å². The van der Waals surface area contributed by atoms with E-state index in [9.17, 15) is 4.79 Å². The van der Waals surface area contributed by atoms with E-state index in [0.717, 1.165) is 33.3 Å². The summed E-state index contributed by atoms with van der Waals surface area (Å²) in [5.74, 6) is 0.361. The smallest absolute Gasteiger partial charge is 0.310 e. The maximum Gasteiger partial charge on any atom is 0.310 e. The Balaban J connectivity index is 1.57. The van der Waals surface area contributed by atoms with E-state index in [0.29, 0.717) is 25.5 Å². The van der Waals surface area contributed by atoms with E-state index >= 15 is 0 Å². The van der Waals surface area contributed by atoms with Crippen LogP contribution in [0.1, 0.15) is 23.6 Å². The van der Waals surface area contributed by atoms with Crippen LogP contribution in [0.5, 0.6) is 5.75 Å². The number of hydrogen-bond acceptors (Lipinski definition) is 5. The maximum atomic E-state index is 12.4. The van der Waals surface area contributed by atoms with Crippen LogP contribution in [-0.4, -0.2) is 30.4 Å². The number of carbonyl (C=O) groups excluding carboxylic acids is 1. The average Bonchev–Trinajstić information content (AvgIpc) is 3.23. The molecule has 0 fully saturated rings. The highest BCUT2D eigenvalue weighted by Crippen LogP contribution is 2.32. The van der Waals surface area contributed by atoms with E-state index in [1.807, 2.05) is 50.4 Å². The summed E-state index contributed by atoms with van der Waals surface area (Å²) in [5, 5.41) is 1.18. The number of aromatic nitrogens is 1. The molecule has 6 heteroatoms. The van der Waals surface area contributed by atoms with Crippen LogP contribution in [0.2, 0.25) is 0 Å². The lowest BCUT2D eigenvalue weighted by Gasteiger charge is -2.15. The Hall–Kier alpha value is -3.61. The normalized spacial score (nSPS) is 12.0. The first-order chi connectivity index (χ1) is 17.0. The van der Waals surface area contributed by atoms with E-state index in [1.54, 1.807) is 7.11 Å². The number of nitrogens with zero attached hydrogens (tertiary/aromatic N) is 1. The van der Waals surface area contributed by atoms with Gasteiger partial charge in [0.25, 0.3) is 0 Å². The minimum absolute atomic E-state index is 0.137. The van der Waals surface area contributed by atoms with Gasteiger partial charge in [-0.25, -0.2) is 0 Å². The quantitative estimate of drug-likeness (QED) is 0.329. The maximum absolute atomic E-state index is 12.4. The summed E-state index contributed by atoms with van der Waals surface area (Å²) >= 11 is 0. The number of methoxy groups -OCH3 is 1. The SMILES string of the molecule is COCC(C)OC(=O)Cc1ccccc1OCc1cc(-c2cccc(CN)c2)c2ccn(C)c2c1. The van der Waals surface area contributed by atoms with Crippen molar-refractivity contribution < 1.29 is 19.0 Å². The molecule has 1 atom stereocenters. The van der Waals surface area contributed by atoms with E-state index in [4.69, 9.17) is 19.9 Å². The van der Waals surface area contributed by atoms with E-state index < -0.39 is 0 Å². The highest BCUT2D eigenvalue weighted by molar-refractivity contribution is 5.96. The summed E-state index contributed by atoms with van der Waals surface area (Å²) in [6.07, 6.45) is 1.91. The van der Waals surface area contributed by atoms with Gasteiger partial charge in [-0.1, -0.05) is 36.4 Å². The van der Waals surface area contributed by atoms with Crippen LogP contribution in [0.4, 0.5) is 0 Å². The van der Waals surface area contributed by atoms with E-state index in [-0.39, 0.29) is 18.5 Å². The minimum Gasteiger partial charge on any atom is -0.489 e. The van der Waals surface area contributed by atoms with Gasteiger partial charge in [0, 0.05) is 43.4 Å². The molecule has 0 spiro atoms. The van der Waals surface area contributed by atoms with Crippen LogP contribution in [0.3, 0.4) is 0 Å². The highest BCUT2D eigenvalue weighted by atomic mass is 16.6. The summed E-state index contributed by atoms with van der Waals surface area (Å²) in [6.45, 7) is 3.04. The molecular formula is C29H32N2O4. The molecular weight excluding hydrogens is 440 g/mol. The lowest BCUT2D eigenvalue weighted by Crippen LogP contribution is -2.21. The number of para-hydroxylation sites is 1. The Morgan fingerprint density at radius 2 is 1.86 bits per heavy atom. The number of aryl methyl sites for hydroxylation is 1. The van der Waals surface area contributed by atoms with Crippen molar-refractivity contribution in [1.29, 1.82) is 0 Å². The van der Waals surface area contributed by atoms with Crippen molar-refractivity contribution in [2.24, 2.45) is 12.8 Å². The zero-order valence-electron chi connectivity index (χ0n) is 20.5. The van der Waals surface area contributed by atoms with Crippen molar-refractivity contribution in [2.45, 2.75) is 32.6 Å². The van der Waals surface area contributed by atoms with Crippen LogP contribution >= 0.6 is 0 Å². The molecule has 0 radical (unpaired) electrons. The number of nitrogens with two attached hydrogens (primary N) is 1. The fourth-order valence-corrected chi connectivity index (χ4v) is 4.26. The first-order valence-electron chi connectivity index (χ1n) is 11.7. The second-order valence-electron chi connectivity index (χ2n) is 8.74. The molecule has 1 unspecified atom stereocenters. The van der Waals surface area contributed by atoms with Crippen LogP contribution in [0, 0.1) is 0 Å².